The van der Waals surface area contributed by atoms with Gasteiger partial charge in [-0.15, -0.1) is 13.2 Å². The number of anilines is 1. The Kier molecular flexibility index (Phi) is 9.78. The lowest BCUT2D eigenvalue weighted by atomic mass is 10.2. The van der Waals surface area contributed by atoms with Gasteiger partial charge in [-0.25, -0.2) is 9.98 Å². The molecular weight excluding hydrogens is 525 g/mol. The van der Waals surface area contributed by atoms with E-state index in [1.54, 1.807) is 0 Å². The van der Waals surface area contributed by atoms with Gasteiger partial charge < -0.3 is 19.5 Å². The molecule has 0 unspecified atom stereocenters. The lowest BCUT2D eigenvalue weighted by Crippen LogP contribution is -2.37. The van der Waals surface area contributed by atoms with E-state index in [4.69, 9.17) is 9.47 Å². The minimum Gasteiger partial charge on any atom is -0.479 e. The number of rotatable bonds is 11. The van der Waals surface area contributed by atoms with Crippen LogP contribution in [0.1, 0.15) is 28.9 Å². The van der Waals surface area contributed by atoms with Crippen LogP contribution in [0.5, 0.6) is 5.75 Å². The van der Waals surface area contributed by atoms with E-state index in [0.29, 0.717) is 23.5 Å². The Morgan fingerprint density at radius 3 is 2.55 bits per heavy atom. The molecule has 2 aromatic heterocycles. The van der Waals surface area contributed by atoms with Gasteiger partial charge in [-0.1, -0.05) is 12.6 Å². The number of ether oxygens (including phenoxy) is 3. The number of hydrogen-bond donors (Lipinski definition) is 1. The second-order valence-corrected chi connectivity index (χ2v) is 9.25. The first-order chi connectivity index (χ1) is 19.2. The maximum absolute atomic E-state index is 12.4. The van der Waals surface area contributed by atoms with Crippen LogP contribution in [0.15, 0.2) is 60.2 Å². The Labute approximate surface area is 231 Å². The third-order valence-electron chi connectivity index (χ3n) is 6.27. The van der Waals surface area contributed by atoms with Crippen molar-refractivity contribution in [1.82, 2.24) is 19.7 Å². The largest absolute Gasteiger partial charge is 0.573 e. The molecule has 1 aromatic carbocycles. The summed E-state index contributed by atoms with van der Waals surface area (Å²) in [6.45, 7) is 11.8. The van der Waals surface area contributed by atoms with Crippen LogP contribution in [0.3, 0.4) is 0 Å². The highest BCUT2D eigenvalue weighted by Gasteiger charge is 2.31. The molecule has 1 saturated heterocycles. The second kappa shape index (κ2) is 13.4. The first-order valence-corrected chi connectivity index (χ1v) is 12.9. The number of methoxy groups -OCH3 is 1. The number of morpholine rings is 1. The van der Waals surface area contributed by atoms with Crippen LogP contribution < -0.4 is 10.1 Å². The molecule has 3 heterocycles. The fourth-order valence-corrected chi connectivity index (χ4v) is 4.16. The fraction of sp³-hybridized carbons (Fsp3) is 0.393. The molecule has 0 saturated carbocycles. The van der Waals surface area contributed by atoms with Gasteiger partial charge in [-0.2, -0.15) is 5.10 Å². The topological polar surface area (TPSA) is 86.0 Å². The lowest BCUT2D eigenvalue weighted by molar-refractivity contribution is -0.274. The molecule has 12 heteroatoms. The Morgan fingerprint density at radius 1 is 1.15 bits per heavy atom. The van der Waals surface area contributed by atoms with E-state index in [0.717, 1.165) is 62.9 Å². The number of alkyl halides is 3. The van der Waals surface area contributed by atoms with E-state index < -0.39 is 6.36 Å². The van der Waals surface area contributed by atoms with Crippen molar-refractivity contribution in [3.05, 3.63) is 77.8 Å². The van der Waals surface area contributed by atoms with Gasteiger partial charge in [0.25, 0.3) is 0 Å². The summed E-state index contributed by atoms with van der Waals surface area (Å²) in [4.78, 5) is 11.3. The van der Waals surface area contributed by atoms with Gasteiger partial charge in [0, 0.05) is 31.5 Å². The smallest absolute Gasteiger partial charge is 0.479 e. The average molecular weight is 559 g/mol. The van der Waals surface area contributed by atoms with Crippen LogP contribution in [0.2, 0.25) is 0 Å². The molecule has 3 aromatic rings. The van der Waals surface area contributed by atoms with E-state index in [9.17, 15) is 13.2 Å². The van der Waals surface area contributed by atoms with E-state index in [2.05, 4.69) is 36.6 Å². The Balaban J connectivity index is 1.33. The molecule has 4 rings (SSSR count). The average Bonchev–Trinajstić information content (AvgIpc) is 3.30. The van der Waals surface area contributed by atoms with Gasteiger partial charge in [0.15, 0.2) is 0 Å². The lowest BCUT2D eigenvalue weighted by Gasteiger charge is -2.26. The second-order valence-electron chi connectivity index (χ2n) is 9.25. The van der Waals surface area contributed by atoms with E-state index in [1.807, 2.05) is 36.0 Å². The van der Waals surface area contributed by atoms with Crippen LogP contribution in [-0.4, -0.2) is 78.4 Å². The number of nitrogens with zero attached hydrogens (tertiary/aromatic N) is 5. The summed E-state index contributed by atoms with van der Waals surface area (Å²) in [6.07, 6.45) is -1.90. The van der Waals surface area contributed by atoms with Crippen molar-refractivity contribution in [1.29, 1.82) is 0 Å². The number of halogens is 3. The van der Waals surface area contributed by atoms with Gasteiger partial charge in [-0.3, -0.25) is 9.58 Å². The summed E-state index contributed by atoms with van der Waals surface area (Å²) < 4.78 is 53.8. The molecule has 1 N–H and O–H groups in total. The zero-order valence-corrected chi connectivity index (χ0v) is 22.6. The van der Waals surface area contributed by atoms with Crippen molar-refractivity contribution in [2.75, 3.05) is 51.8 Å². The maximum Gasteiger partial charge on any atom is 0.573 e. The molecule has 1 aliphatic rings. The van der Waals surface area contributed by atoms with Crippen molar-refractivity contribution in [2.24, 2.45) is 4.99 Å². The number of nitrogens with one attached hydrogen (secondary N) is 1. The molecule has 0 bridgehead atoms. The van der Waals surface area contributed by atoms with Gasteiger partial charge in [0.05, 0.1) is 32.6 Å². The molecule has 0 spiro atoms. The summed E-state index contributed by atoms with van der Waals surface area (Å²) >= 11 is 0. The molecular formula is C28H33F3N6O3. The summed E-state index contributed by atoms with van der Waals surface area (Å²) in [5, 5.41) is 7.99. The minimum atomic E-state index is -4.76. The van der Waals surface area contributed by atoms with Crippen molar-refractivity contribution in [3.8, 4) is 5.75 Å². The molecule has 0 radical (unpaired) electrons. The van der Waals surface area contributed by atoms with Crippen LogP contribution in [0.25, 0.3) is 5.70 Å². The predicted molar refractivity (Wildman–Crippen MR) is 146 cm³/mol. The van der Waals surface area contributed by atoms with Gasteiger partial charge in [-0.05, 0) is 67.4 Å². The van der Waals surface area contributed by atoms with Gasteiger partial charge >= 0.3 is 6.36 Å². The van der Waals surface area contributed by atoms with Crippen molar-refractivity contribution in [3.63, 3.8) is 0 Å². The monoisotopic (exact) mass is 558 g/mol. The predicted octanol–water partition coefficient (Wildman–Crippen LogP) is 4.73. The first kappa shape index (κ1) is 29.1. The molecule has 0 atom stereocenters. The highest BCUT2D eigenvalue weighted by Crippen LogP contribution is 2.25. The third kappa shape index (κ3) is 8.55. The molecule has 9 nitrogen and oxygen atoms in total. The molecule has 0 amide bonds. The number of aromatic nitrogens is 3. The number of aryl methyl sites for hydroxylation is 1. The van der Waals surface area contributed by atoms with Gasteiger partial charge in [0.2, 0.25) is 5.90 Å². The maximum atomic E-state index is 12.4. The molecule has 40 heavy (non-hydrogen) atoms. The Bertz CT molecular complexity index is 1280. The number of hydrogen-bond acceptors (Lipinski definition) is 8. The summed E-state index contributed by atoms with van der Waals surface area (Å²) in [6, 6.07) is 11.1. The standard InChI is InChI=1S/C28H33F3N6O3/c1-20-17-25(27(38-3)34-21(2)23-6-8-24(9-7-23)40-28(29,30)31)35-37(20)19-22-5-10-26(33-18-22)32-11-4-12-36-13-15-39-16-14-36/h5-10,17-18H,2,4,11-16,19H2,1,3H3,(H,32,33). The number of benzene rings is 1. The quantitative estimate of drug-likeness (QED) is 0.207. The molecule has 214 valence electrons. The summed E-state index contributed by atoms with van der Waals surface area (Å²) in [5.74, 6) is 0.739. The molecule has 1 aliphatic heterocycles. The zero-order chi connectivity index (χ0) is 28.5. The zero-order valence-electron chi connectivity index (χ0n) is 22.6. The molecule has 1 fully saturated rings. The summed E-state index contributed by atoms with van der Waals surface area (Å²) in [7, 11) is 1.47. The van der Waals surface area contributed by atoms with Crippen molar-refractivity contribution < 1.29 is 27.4 Å². The normalized spacial score (nSPS) is 14.7. The van der Waals surface area contributed by atoms with E-state index in [-0.39, 0.29) is 11.6 Å². The van der Waals surface area contributed by atoms with E-state index >= 15 is 0 Å². The highest BCUT2D eigenvalue weighted by atomic mass is 19.4. The van der Waals surface area contributed by atoms with Crippen LogP contribution in [0.4, 0.5) is 19.0 Å². The minimum absolute atomic E-state index is 0.234. The Morgan fingerprint density at radius 2 is 1.90 bits per heavy atom. The first-order valence-electron chi connectivity index (χ1n) is 12.9. The van der Waals surface area contributed by atoms with Crippen LogP contribution in [-0.2, 0) is 16.0 Å². The van der Waals surface area contributed by atoms with Gasteiger partial charge in [0.1, 0.15) is 17.3 Å². The summed E-state index contributed by atoms with van der Waals surface area (Å²) in [5.41, 5.74) is 3.20. The molecule has 0 aliphatic carbocycles. The number of aliphatic imine (C=N–C) groups is 1. The van der Waals surface area contributed by atoms with Crippen molar-refractivity contribution >= 4 is 17.4 Å². The number of pyridine rings is 1. The third-order valence-corrected chi connectivity index (χ3v) is 6.27. The van der Waals surface area contributed by atoms with Crippen LogP contribution >= 0.6 is 0 Å². The SMILES string of the molecule is C=C(N=C(OC)c1cc(C)n(Cc2ccc(NCCCN3CCOCC3)nc2)n1)c1ccc(OC(F)(F)F)cc1. The van der Waals surface area contributed by atoms with Crippen molar-refractivity contribution in [2.45, 2.75) is 26.3 Å². The fourth-order valence-electron chi connectivity index (χ4n) is 4.16. The van der Waals surface area contributed by atoms with E-state index in [1.165, 1.54) is 31.4 Å². The van der Waals surface area contributed by atoms with Crippen LogP contribution in [0, 0.1) is 6.92 Å². The Hall–Kier alpha value is -3.90. The highest BCUT2D eigenvalue weighted by molar-refractivity contribution is 5.95.